The lowest BCUT2D eigenvalue weighted by molar-refractivity contribution is 0.190. The second-order valence-electron chi connectivity index (χ2n) is 4.36. The Morgan fingerprint density at radius 3 is 2.09 bits per heavy atom. The second kappa shape index (κ2) is 5.59. The number of hydrogen-bond donors (Lipinski definition) is 0. The van der Waals surface area contributed by atoms with Crippen LogP contribution in [0.4, 0.5) is 0 Å². The highest BCUT2D eigenvalue weighted by molar-refractivity contribution is 4.60. The Morgan fingerprint density at radius 2 is 1.64 bits per heavy atom. The molecule has 0 amide bonds. The lowest BCUT2D eigenvalue weighted by atomic mass is 9.89. The fraction of sp³-hybridized carbons (Fsp3) is 1.00. The molecule has 0 rings (SSSR count). The zero-order valence-corrected chi connectivity index (χ0v) is 8.44. The topological polar surface area (TPSA) is 9.23 Å². The molecular formula is C10H22O. The molecule has 0 fully saturated rings. The van der Waals surface area contributed by atoms with Crippen LogP contribution >= 0.6 is 0 Å². The molecular weight excluding hydrogens is 136 g/mol. The van der Waals surface area contributed by atoms with Crippen molar-refractivity contribution in [1.29, 1.82) is 0 Å². The van der Waals surface area contributed by atoms with E-state index in [0.717, 1.165) is 6.61 Å². The lowest BCUT2D eigenvalue weighted by Gasteiger charge is -2.17. The first-order chi connectivity index (χ1) is 5.06. The van der Waals surface area contributed by atoms with Crippen molar-refractivity contribution in [3.63, 3.8) is 0 Å². The molecule has 68 valence electrons. The van der Waals surface area contributed by atoms with E-state index in [1.54, 1.807) is 7.11 Å². The van der Waals surface area contributed by atoms with Crippen molar-refractivity contribution < 1.29 is 4.74 Å². The normalized spacial score (nSPS) is 12.0. The van der Waals surface area contributed by atoms with Gasteiger partial charge in [0.15, 0.2) is 0 Å². The molecule has 0 saturated heterocycles. The molecule has 0 atom stereocenters. The predicted octanol–water partition coefficient (Wildman–Crippen LogP) is 3.24. The van der Waals surface area contributed by atoms with Gasteiger partial charge in [0.2, 0.25) is 0 Å². The number of rotatable bonds is 5. The Morgan fingerprint density at radius 1 is 1.00 bits per heavy atom. The summed E-state index contributed by atoms with van der Waals surface area (Å²) in [5.41, 5.74) is 0.507. The van der Waals surface area contributed by atoms with Crippen molar-refractivity contribution in [1.82, 2.24) is 0 Å². The van der Waals surface area contributed by atoms with Crippen LogP contribution in [0.3, 0.4) is 0 Å². The van der Waals surface area contributed by atoms with Gasteiger partial charge < -0.3 is 4.74 Å². The highest BCUT2D eigenvalue weighted by Gasteiger charge is 2.08. The van der Waals surface area contributed by atoms with E-state index in [-0.39, 0.29) is 0 Å². The minimum atomic E-state index is 0.507. The molecule has 1 nitrogen and oxygen atoms in total. The Labute approximate surface area is 71.1 Å². The van der Waals surface area contributed by atoms with Crippen LogP contribution in [-0.2, 0) is 4.74 Å². The fourth-order valence-corrected chi connectivity index (χ4v) is 1.08. The molecule has 0 aliphatic heterocycles. The molecule has 0 heterocycles. The molecule has 0 N–H and O–H groups in total. The SMILES string of the molecule is COCCCCCC(C)(C)C. The van der Waals surface area contributed by atoms with E-state index in [1.165, 1.54) is 25.7 Å². The molecule has 0 bridgehead atoms. The maximum Gasteiger partial charge on any atom is 0.0462 e. The summed E-state index contributed by atoms with van der Waals surface area (Å²) >= 11 is 0. The van der Waals surface area contributed by atoms with Gasteiger partial charge in [0.05, 0.1) is 0 Å². The first-order valence-electron chi connectivity index (χ1n) is 4.55. The van der Waals surface area contributed by atoms with Gasteiger partial charge in [-0.3, -0.25) is 0 Å². The van der Waals surface area contributed by atoms with Gasteiger partial charge in [0, 0.05) is 13.7 Å². The molecule has 0 saturated carbocycles. The summed E-state index contributed by atoms with van der Waals surface area (Å²) in [5.74, 6) is 0. The third-order valence-corrected chi connectivity index (χ3v) is 1.78. The van der Waals surface area contributed by atoms with E-state index in [1.807, 2.05) is 0 Å². The van der Waals surface area contributed by atoms with Crippen LogP contribution in [0.25, 0.3) is 0 Å². The summed E-state index contributed by atoms with van der Waals surface area (Å²) < 4.78 is 4.97. The molecule has 0 radical (unpaired) electrons. The van der Waals surface area contributed by atoms with Crippen LogP contribution in [0, 0.1) is 5.41 Å². The maximum absolute atomic E-state index is 4.97. The van der Waals surface area contributed by atoms with E-state index < -0.39 is 0 Å². The molecule has 0 aliphatic carbocycles. The quantitative estimate of drug-likeness (QED) is 0.558. The molecule has 0 aromatic rings. The zero-order valence-electron chi connectivity index (χ0n) is 8.44. The number of hydrogen-bond acceptors (Lipinski definition) is 1. The van der Waals surface area contributed by atoms with Crippen molar-refractivity contribution in [3.05, 3.63) is 0 Å². The van der Waals surface area contributed by atoms with E-state index in [2.05, 4.69) is 20.8 Å². The zero-order chi connectivity index (χ0) is 8.74. The highest BCUT2D eigenvalue weighted by Crippen LogP contribution is 2.21. The summed E-state index contributed by atoms with van der Waals surface area (Å²) in [6, 6.07) is 0. The third kappa shape index (κ3) is 9.96. The van der Waals surface area contributed by atoms with Gasteiger partial charge in [-0.05, 0) is 18.3 Å². The van der Waals surface area contributed by atoms with Crippen molar-refractivity contribution in [3.8, 4) is 0 Å². The van der Waals surface area contributed by atoms with Crippen LogP contribution in [0.1, 0.15) is 46.5 Å². The van der Waals surface area contributed by atoms with E-state index >= 15 is 0 Å². The summed E-state index contributed by atoms with van der Waals surface area (Å²) in [6.45, 7) is 7.81. The molecule has 0 aliphatic rings. The number of methoxy groups -OCH3 is 1. The Bertz CT molecular complexity index is 81.4. The summed E-state index contributed by atoms with van der Waals surface area (Å²) in [7, 11) is 1.77. The van der Waals surface area contributed by atoms with Crippen LogP contribution < -0.4 is 0 Å². The minimum Gasteiger partial charge on any atom is -0.385 e. The van der Waals surface area contributed by atoms with E-state index in [9.17, 15) is 0 Å². The smallest absolute Gasteiger partial charge is 0.0462 e. The number of ether oxygens (including phenoxy) is 1. The van der Waals surface area contributed by atoms with E-state index in [0.29, 0.717) is 5.41 Å². The van der Waals surface area contributed by atoms with Gasteiger partial charge in [0.25, 0.3) is 0 Å². The van der Waals surface area contributed by atoms with Crippen molar-refractivity contribution >= 4 is 0 Å². The minimum absolute atomic E-state index is 0.507. The Balaban J connectivity index is 3.02. The third-order valence-electron chi connectivity index (χ3n) is 1.78. The lowest BCUT2D eigenvalue weighted by Crippen LogP contribution is -2.04. The highest BCUT2D eigenvalue weighted by atomic mass is 16.5. The monoisotopic (exact) mass is 158 g/mol. The predicted molar refractivity (Wildman–Crippen MR) is 49.8 cm³/mol. The first-order valence-corrected chi connectivity index (χ1v) is 4.55. The molecule has 0 aromatic heterocycles. The van der Waals surface area contributed by atoms with Gasteiger partial charge in [-0.2, -0.15) is 0 Å². The molecule has 11 heavy (non-hydrogen) atoms. The van der Waals surface area contributed by atoms with Gasteiger partial charge in [0.1, 0.15) is 0 Å². The van der Waals surface area contributed by atoms with Gasteiger partial charge >= 0.3 is 0 Å². The fourth-order valence-electron chi connectivity index (χ4n) is 1.08. The summed E-state index contributed by atoms with van der Waals surface area (Å²) in [4.78, 5) is 0. The van der Waals surface area contributed by atoms with Crippen molar-refractivity contribution in [2.24, 2.45) is 5.41 Å². The van der Waals surface area contributed by atoms with Crippen LogP contribution in [0.15, 0.2) is 0 Å². The second-order valence-corrected chi connectivity index (χ2v) is 4.36. The molecule has 1 heteroatoms. The van der Waals surface area contributed by atoms with Gasteiger partial charge in [-0.25, -0.2) is 0 Å². The van der Waals surface area contributed by atoms with Gasteiger partial charge in [-0.1, -0.05) is 33.6 Å². The van der Waals surface area contributed by atoms with Crippen LogP contribution in [0.5, 0.6) is 0 Å². The average Bonchev–Trinajstić information content (AvgIpc) is 1.85. The number of unbranched alkanes of at least 4 members (excludes halogenated alkanes) is 2. The Hall–Kier alpha value is -0.0400. The summed E-state index contributed by atoms with van der Waals surface area (Å²) in [5, 5.41) is 0. The average molecular weight is 158 g/mol. The molecule has 0 aromatic carbocycles. The first kappa shape index (κ1) is 11.0. The molecule has 0 unspecified atom stereocenters. The van der Waals surface area contributed by atoms with Crippen LogP contribution in [0.2, 0.25) is 0 Å². The van der Waals surface area contributed by atoms with Crippen LogP contribution in [-0.4, -0.2) is 13.7 Å². The Kier molecular flexibility index (Phi) is 5.57. The van der Waals surface area contributed by atoms with E-state index in [4.69, 9.17) is 4.74 Å². The molecule has 0 spiro atoms. The standard InChI is InChI=1S/C10H22O/c1-10(2,3)8-6-5-7-9-11-4/h5-9H2,1-4H3. The van der Waals surface area contributed by atoms with Gasteiger partial charge in [-0.15, -0.1) is 0 Å². The van der Waals surface area contributed by atoms with Crippen molar-refractivity contribution in [2.75, 3.05) is 13.7 Å². The maximum atomic E-state index is 4.97. The van der Waals surface area contributed by atoms with Crippen molar-refractivity contribution in [2.45, 2.75) is 46.5 Å². The summed E-state index contributed by atoms with van der Waals surface area (Å²) in [6.07, 6.45) is 5.20. The largest absolute Gasteiger partial charge is 0.385 e.